The van der Waals surface area contributed by atoms with Crippen LogP contribution in [-0.4, -0.2) is 40.5 Å². The topological polar surface area (TPSA) is 75.3 Å². The van der Waals surface area contributed by atoms with Crippen LogP contribution in [0.5, 0.6) is 23.0 Å². The monoisotopic (exact) mass is 345 g/mol. The van der Waals surface area contributed by atoms with Gasteiger partial charge in [-0.3, -0.25) is 0 Å². The standard InChI is InChI=1S/C18H19NO6/c1-21-14-5-4-11(8-15(14)22-2)19-13-10-17-16(24-6-7-25-17)9-12(13)18(20)23-3/h4-5,8-10,19H,6-7H2,1-3H3. The maximum atomic E-state index is 12.1. The summed E-state index contributed by atoms with van der Waals surface area (Å²) in [4.78, 5) is 12.1. The molecule has 0 saturated carbocycles. The van der Waals surface area contributed by atoms with E-state index in [1.807, 2.05) is 6.07 Å². The van der Waals surface area contributed by atoms with E-state index in [0.29, 0.717) is 47.5 Å². The fourth-order valence-electron chi connectivity index (χ4n) is 2.54. The predicted molar refractivity (Wildman–Crippen MR) is 91.6 cm³/mol. The van der Waals surface area contributed by atoms with E-state index >= 15 is 0 Å². The zero-order chi connectivity index (χ0) is 17.8. The highest BCUT2D eigenvalue weighted by molar-refractivity contribution is 5.97. The Morgan fingerprint density at radius 2 is 1.64 bits per heavy atom. The minimum atomic E-state index is -0.472. The third kappa shape index (κ3) is 3.40. The summed E-state index contributed by atoms with van der Waals surface area (Å²) in [5, 5.41) is 3.19. The van der Waals surface area contributed by atoms with Gasteiger partial charge < -0.3 is 29.0 Å². The van der Waals surface area contributed by atoms with Gasteiger partial charge >= 0.3 is 5.97 Å². The molecule has 0 aromatic heterocycles. The van der Waals surface area contributed by atoms with Gasteiger partial charge in [0.1, 0.15) is 13.2 Å². The fraction of sp³-hybridized carbons (Fsp3) is 0.278. The van der Waals surface area contributed by atoms with E-state index in [1.54, 1.807) is 38.5 Å². The van der Waals surface area contributed by atoms with E-state index in [2.05, 4.69) is 5.32 Å². The molecule has 0 amide bonds. The Bertz CT molecular complexity index is 789. The van der Waals surface area contributed by atoms with Gasteiger partial charge in [0.15, 0.2) is 23.0 Å². The molecule has 1 aliphatic rings. The van der Waals surface area contributed by atoms with Crippen molar-refractivity contribution in [2.24, 2.45) is 0 Å². The Labute approximate surface area is 145 Å². The summed E-state index contributed by atoms with van der Waals surface area (Å²) in [5.41, 5.74) is 1.62. The summed E-state index contributed by atoms with van der Waals surface area (Å²) in [5.74, 6) is 1.81. The van der Waals surface area contributed by atoms with Gasteiger partial charge in [0.05, 0.1) is 32.6 Å². The molecule has 1 N–H and O–H groups in total. The number of carbonyl (C=O) groups excluding carboxylic acids is 1. The number of benzene rings is 2. The van der Waals surface area contributed by atoms with E-state index in [0.717, 1.165) is 5.69 Å². The summed E-state index contributed by atoms with van der Waals surface area (Å²) >= 11 is 0. The first-order valence-corrected chi connectivity index (χ1v) is 7.67. The van der Waals surface area contributed by atoms with Gasteiger partial charge in [-0.2, -0.15) is 0 Å². The average molecular weight is 345 g/mol. The van der Waals surface area contributed by atoms with Gasteiger partial charge in [0.25, 0.3) is 0 Å². The van der Waals surface area contributed by atoms with Gasteiger partial charge in [-0.05, 0) is 12.1 Å². The fourth-order valence-corrected chi connectivity index (χ4v) is 2.54. The molecule has 0 aliphatic carbocycles. The lowest BCUT2D eigenvalue weighted by Gasteiger charge is -2.21. The van der Waals surface area contributed by atoms with Crippen LogP contribution in [0, 0.1) is 0 Å². The number of hydrogen-bond acceptors (Lipinski definition) is 7. The average Bonchev–Trinajstić information content (AvgIpc) is 2.66. The van der Waals surface area contributed by atoms with Crippen molar-refractivity contribution in [2.45, 2.75) is 0 Å². The summed E-state index contributed by atoms with van der Waals surface area (Å²) in [6.07, 6.45) is 0. The first-order chi connectivity index (χ1) is 12.2. The van der Waals surface area contributed by atoms with Gasteiger partial charge in [-0.25, -0.2) is 4.79 Å². The summed E-state index contributed by atoms with van der Waals surface area (Å²) in [7, 11) is 4.46. The van der Waals surface area contributed by atoms with E-state index in [9.17, 15) is 4.79 Å². The number of rotatable bonds is 5. The highest BCUT2D eigenvalue weighted by Crippen LogP contribution is 2.38. The second kappa shape index (κ2) is 7.21. The lowest BCUT2D eigenvalue weighted by molar-refractivity contribution is 0.0601. The van der Waals surface area contributed by atoms with Crippen molar-refractivity contribution in [1.29, 1.82) is 0 Å². The number of ether oxygens (including phenoxy) is 5. The van der Waals surface area contributed by atoms with Crippen LogP contribution >= 0.6 is 0 Å². The van der Waals surface area contributed by atoms with Crippen molar-refractivity contribution < 1.29 is 28.5 Å². The Morgan fingerprint density at radius 1 is 0.960 bits per heavy atom. The normalized spacial score (nSPS) is 12.3. The quantitative estimate of drug-likeness (QED) is 0.835. The van der Waals surface area contributed by atoms with Crippen molar-refractivity contribution in [3.05, 3.63) is 35.9 Å². The Balaban J connectivity index is 1.99. The second-order valence-electron chi connectivity index (χ2n) is 5.23. The number of hydrogen-bond donors (Lipinski definition) is 1. The molecule has 0 radical (unpaired) electrons. The number of nitrogens with one attached hydrogen (secondary N) is 1. The van der Waals surface area contributed by atoms with Gasteiger partial charge in [-0.15, -0.1) is 0 Å². The molecule has 25 heavy (non-hydrogen) atoms. The third-order valence-electron chi connectivity index (χ3n) is 3.75. The van der Waals surface area contributed by atoms with E-state index in [1.165, 1.54) is 7.11 Å². The van der Waals surface area contributed by atoms with Gasteiger partial charge in [-0.1, -0.05) is 0 Å². The van der Waals surface area contributed by atoms with Crippen LogP contribution in [0.25, 0.3) is 0 Å². The Morgan fingerprint density at radius 3 is 2.28 bits per heavy atom. The SMILES string of the molecule is COC(=O)c1cc2c(cc1Nc1ccc(OC)c(OC)c1)OCCO2. The lowest BCUT2D eigenvalue weighted by atomic mass is 10.1. The molecular weight excluding hydrogens is 326 g/mol. The molecule has 7 heteroatoms. The van der Waals surface area contributed by atoms with E-state index in [4.69, 9.17) is 23.7 Å². The molecule has 7 nitrogen and oxygen atoms in total. The van der Waals surface area contributed by atoms with Crippen molar-refractivity contribution in [2.75, 3.05) is 39.9 Å². The highest BCUT2D eigenvalue weighted by atomic mass is 16.6. The largest absolute Gasteiger partial charge is 0.493 e. The Hall–Kier alpha value is -3.09. The zero-order valence-corrected chi connectivity index (χ0v) is 14.3. The molecule has 3 rings (SSSR count). The number of carbonyl (C=O) groups is 1. The van der Waals surface area contributed by atoms with Crippen LogP contribution in [0.1, 0.15) is 10.4 Å². The van der Waals surface area contributed by atoms with Crippen LogP contribution in [0.2, 0.25) is 0 Å². The number of fused-ring (bicyclic) bond motifs is 1. The maximum absolute atomic E-state index is 12.1. The Kier molecular flexibility index (Phi) is 4.83. The minimum absolute atomic E-state index is 0.349. The molecule has 1 heterocycles. The molecule has 0 spiro atoms. The molecule has 0 atom stereocenters. The number of esters is 1. The first-order valence-electron chi connectivity index (χ1n) is 7.67. The molecule has 2 aromatic carbocycles. The molecule has 0 saturated heterocycles. The van der Waals surface area contributed by atoms with Crippen molar-refractivity contribution in [3.8, 4) is 23.0 Å². The minimum Gasteiger partial charge on any atom is -0.493 e. The van der Waals surface area contributed by atoms with Crippen LogP contribution < -0.4 is 24.3 Å². The van der Waals surface area contributed by atoms with Crippen LogP contribution in [0.15, 0.2) is 30.3 Å². The smallest absolute Gasteiger partial charge is 0.340 e. The van der Waals surface area contributed by atoms with Crippen molar-refractivity contribution in [1.82, 2.24) is 0 Å². The van der Waals surface area contributed by atoms with Crippen LogP contribution in [0.4, 0.5) is 11.4 Å². The summed E-state index contributed by atoms with van der Waals surface area (Å²) < 4.78 is 26.5. The van der Waals surface area contributed by atoms with Gasteiger partial charge in [0, 0.05) is 23.9 Å². The molecule has 0 bridgehead atoms. The van der Waals surface area contributed by atoms with Crippen molar-refractivity contribution in [3.63, 3.8) is 0 Å². The van der Waals surface area contributed by atoms with Crippen LogP contribution in [-0.2, 0) is 4.74 Å². The van der Waals surface area contributed by atoms with Crippen molar-refractivity contribution >= 4 is 17.3 Å². The highest BCUT2D eigenvalue weighted by Gasteiger charge is 2.20. The lowest BCUT2D eigenvalue weighted by Crippen LogP contribution is -2.17. The van der Waals surface area contributed by atoms with E-state index in [-0.39, 0.29) is 0 Å². The maximum Gasteiger partial charge on any atom is 0.340 e. The van der Waals surface area contributed by atoms with E-state index < -0.39 is 5.97 Å². The predicted octanol–water partition coefficient (Wildman–Crippen LogP) is 3.01. The number of anilines is 2. The number of methoxy groups -OCH3 is 3. The summed E-state index contributed by atoms with van der Waals surface area (Å²) in [6.45, 7) is 0.899. The third-order valence-corrected chi connectivity index (χ3v) is 3.75. The molecule has 0 unspecified atom stereocenters. The molecular formula is C18H19NO6. The molecule has 1 aliphatic heterocycles. The first kappa shape index (κ1) is 16.8. The molecule has 0 fully saturated rings. The second-order valence-corrected chi connectivity index (χ2v) is 5.23. The van der Waals surface area contributed by atoms with Crippen LogP contribution in [0.3, 0.4) is 0 Å². The zero-order valence-electron chi connectivity index (χ0n) is 14.3. The summed E-state index contributed by atoms with van der Waals surface area (Å²) in [6, 6.07) is 8.70. The molecule has 2 aromatic rings. The molecule has 132 valence electrons. The van der Waals surface area contributed by atoms with Gasteiger partial charge in [0.2, 0.25) is 0 Å².